The normalized spacial score (nSPS) is 17.5. The van der Waals surface area contributed by atoms with Gasteiger partial charge in [0.05, 0.1) is 12.1 Å². The van der Waals surface area contributed by atoms with Crippen LogP contribution in [0.3, 0.4) is 0 Å². The summed E-state index contributed by atoms with van der Waals surface area (Å²) < 4.78 is 0. The first-order valence-corrected chi connectivity index (χ1v) is 8.37. The molecule has 1 saturated heterocycles. The molecule has 6 heteroatoms. The molecule has 5 nitrogen and oxygen atoms in total. The van der Waals surface area contributed by atoms with E-state index in [-0.39, 0.29) is 17.9 Å². The Bertz CT molecular complexity index is 467. The molecule has 0 radical (unpaired) electrons. The minimum Gasteiger partial charge on any atom is -0.353 e. The first-order valence-electron chi connectivity index (χ1n) is 7.43. The fourth-order valence-electron chi connectivity index (χ4n) is 2.30. The van der Waals surface area contributed by atoms with Gasteiger partial charge >= 0.3 is 0 Å². The number of amides is 2. The molecule has 0 aromatic carbocycles. The van der Waals surface area contributed by atoms with Gasteiger partial charge in [-0.1, -0.05) is 6.92 Å². The van der Waals surface area contributed by atoms with Crippen molar-refractivity contribution in [3.8, 4) is 0 Å². The van der Waals surface area contributed by atoms with E-state index >= 15 is 0 Å². The van der Waals surface area contributed by atoms with Crippen LogP contribution >= 0.6 is 11.3 Å². The highest BCUT2D eigenvalue weighted by Crippen LogP contribution is 2.11. The summed E-state index contributed by atoms with van der Waals surface area (Å²) in [5.74, 6) is 0.168. The third-order valence-corrected chi connectivity index (χ3v) is 4.50. The van der Waals surface area contributed by atoms with Gasteiger partial charge in [0.1, 0.15) is 0 Å². The van der Waals surface area contributed by atoms with Gasteiger partial charge in [-0.15, -0.1) is 0 Å². The lowest BCUT2D eigenvalue weighted by molar-refractivity contribution is -0.123. The van der Waals surface area contributed by atoms with E-state index in [0.717, 1.165) is 25.1 Å². The number of nitrogens with zero attached hydrogens (tertiary/aromatic N) is 2. The molecular formula is C15H23N3O2S. The van der Waals surface area contributed by atoms with Crippen LogP contribution < -0.4 is 5.32 Å². The van der Waals surface area contributed by atoms with Crippen LogP contribution in [0.4, 0.5) is 0 Å². The van der Waals surface area contributed by atoms with E-state index in [1.54, 1.807) is 0 Å². The Morgan fingerprint density at radius 1 is 1.33 bits per heavy atom. The van der Waals surface area contributed by atoms with Gasteiger partial charge in [-0.05, 0) is 24.8 Å². The molecule has 0 spiro atoms. The molecule has 2 heterocycles. The number of thiophene rings is 1. The predicted molar refractivity (Wildman–Crippen MR) is 84.6 cm³/mol. The summed E-state index contributed by atoms with van der Waals surface area (Å²) in [6, 6.07) is 2.08. The van der Waals surface area contributed by atoms with Gasteiger partial charge in [-0.2, -0.15) is 11.3 Å². The number of carbonyl (C=O) groups excluding carboxylic acids is 2. The van der Waals surface area contributed by atoms with Gasteiger partial charge in [0.15, 0.2) is 0 Å². The maximum Gasteiger partial charge on any atom is 0.254 e. The Hall–Kier alpha value is -1.40. The smallest absolute Gasteiger partial charge is 0.254 e. The van der Waals surface area contributed by atoms with Crippen LogP contribution in [0.2, 0.25) is 0 Å². The van der Waals surface area contributed by atoms with E-state index in [0.29, 0.717) is 19.6 Å². The molecular weight excluding hydrogens is 286 g/mol. The SMILES string of the molecule is CCC(C)NC(=O)CN1CCN(C(=O)c2ccsc2)CC1. The number of hydrogen-bond acceptors (Lipinski definition) is 4. The molecule has 21 heavy (non-hydrogen) atoms. The number of carbonyl (C=O) groups is 2. The van der Waals surface area contributed by atoms with E-state index in [1.165, 1.54) is 11.3 Å². The third-order valence-electron chi connectivity index (χ3n) is 3.81. The van der Waals surface area contributed by atoms with Crippen LogP contribution in [-0.4, -0.2) is 60.4 Å². The lowest BCUT2D eigenvalue weighted by Gasteiger charge is -2.34. The first-order chi connectivity index (χ1) is 10.1. The third kappa shape index (κ3) is 4.54. The zero-order valence-electron chi connectivity index (χ0n) is 12.7. The second kappa shape index (κ2) is 7.56. The highest BCUT2D eigenvalue weighted by Gasteiger charge is 2.23. The summed E-state index contributed by atoms with van der Waals surface area (Å²) in [5, 5.41) is 6.78. The number of piperazine rings is 1. The van der Waals surface area contributed by atoms with E-state index in [2.05, 4.69) is 17.1 Å². The van der Waals surface area contributed by atoms with Crippen LogP contribution in [0.1, 0.15) is 30.6 Å². The van der Waals surface area contributed by atoms with Crippen LogP contribution in [0, 0.1) is 0 Å². The van der Waals surface area contributed by atoms with Gasteiger partial charge in [0.2, 0.25) is 5.91 Å². The van der Waals surface area contributed by atoms with Crippen molar-refractivity contribution in [3.63, 3.8) is 0 Å². The lowest BCUT2D eigenvalue weighted by Crippen LogP contribution is -2.51. The second-order valence-electron chi connectivity index (χ2n) is 5.46. The Morgan fingerprint density at radius 2 is 2.05 bits per heavy atom. The van der Waals surface area contributed by atoms with Crippen molar-refractivity contribution in [2.24, 2.45) is 0 Å². The van der Waals surface area contributed by atoms with E-state index < -0.39 is 0 Å². The van der Waals surface area contributed by atoms with Gasteiger partial charge in [0, 0.05) is 37.6 Å². The predicted octanol–water partition coefficient (Wildman–Crippen LogP) is 1.42. The van der Waals surface area contributed by atoms with Gasteiger partial charge in [0.25, 0.3) is 5.91 Å². The molecule has 2 amide bonds. The molecule has 1 unspecified atom stereocenters. The van der Waals surface area contributed by atoms with Crippen molar-refractivity contribution in [1.82, 2.24) is 15.1 Å². The van der Waals surface area contributed by atoms with Gasteiger partial charge in [-0.3, -0.25) is 14.5 Å². The lowest BCUT2D eigenvalue weighted by atomic mass is 10.2. The van der Waals surface area contributed by atoms with Crippen molar-refractivity contribution < 1.29 is 9.59 Å². The molecule has 0 aliphatic carbocycles. The zero-order chi connectivity index (χ0) is 15.2. The van der Waals surface area contributed by atoms with Crippen LogP contribution in [0.25, 0.3) is 0 Å². The highest BCUT2D eigenvalue weighted by atomic mass is 32.1. The maximum absolute atomic E-state index is 12.2. The van der Waals surface area contributed by atoms with Crippen LogP contribution in [0.15, 0.2) is 16.8 Å². The summed E-state index contributed by atoms with van der Waals surface area (Å²) >= 11 is 1.54. The van der Waals surface area contributed by atoms with Crippen molar-refractivity contribution in [2.45, 2.75) is 26.3 Å². The Kier molecular flexibility index (Phi) is 5.76. The van der Waals surface area contributed by atoms with Gasteiger partial charge < -0.3 is 10.2 Å². The molecule has 1 aliphatic rings. The molecule has 2 rings (SSSR count). The highest BCUT2D eigenvalue weighted by molar-refractivity contribution is 7.08. The number of nitrogens with one attached hydrogen (secondary N) is 1. The molecule has 1 aliphatic heterocycles. The van der Waals surface area contributed by atoms with Crippen LogP contribution in [-0.2, 0) is 4.79 Å². The second-order valence-corrected chi connectivity index (χ2v) is 6.24. The first kappa shape index (κ1) is 16.0. The zero-order valence-corrected chi connectivity index (χ0v) is 13.5. The fourth-order valence-corrected chi connectivity index (χ4v) is 2.93. The standard InChI is InChI=1S/C15H23N3O2S/c1-3-12(2)16-14(19)10-17-5-7-18(8-6-17)15(20)13-4-9-21-11-13/h4,9,11-12H,3,5-8,10H2,1-2H3,(H,16,19). The monoisotopic (exact) mass is 309 g/mol. The maximum atomic E-state index is 12.2. The van der Waals surface area contributed by atoms with Crippen LogP contribution in [0.5, 0.6) is 0 Å². The van der Waals surface area contributed by atoms with E-state index in [1.807, 2.05) is 28.7 Å². The Balaban J connectivity index is 1.76. The minimum atomic E-state index is 0.0713. The average Bonchev–Trinajstić information content (AvgIpc) is 3.01. The van der Waals surface area contributed by atoms with E-state index in [9.17, 15) is 9.59 Å². The Labute approximate surface area is 129 Å². The van der Waals surface area contributed by atoms with Gasteiger partial charge in [-0.25, -0.2) is 0 Å². The fraction of sp³-hybridized carbons (Fsp3) is 0.600. The Morgan fingerprint density at radius 3 is 2.62 bits per heavy atom. The molecule has 1 aromatic heterocycles. The summed E-state index contributed by atoms with van der Waals surface area (Å²) in [7, 11) is 0. The number of rotatable bonds is 5. The summed E-state index contributed by atoms with van der Waals surface area (Å²) in [5.41, 5.74) is 0.767. The summed E-state index contributed by atoms with van der Waals surface area (Å²) in [6.07, 6.45) is 0.939. The largest absolute Gasteiger partial charge is 0.353 e. The molecule has 1 fully saturated rings. The quantitative estimate of drug-likeness (QED) is 0.895. The average molecular weight is 309 g/mol. The summed E-state index contributed by atoms with van der Waals surface area (Å²) in [6.45, 7) is 7.37. The van der Waals surface area contributed by atoms with Crippen molar-refractivity contribution in [2.75, 3.05) is 32.7 Å². The molecule has 0 bridgehead atoms. The van der Waals surface area contributed by atoms with Crippen molar-refractivity contribution >= 4 is 23.2 Å². The van der Waals surface area contributed by atoms with Crippen molar-refractivity contribution in [3.05, 3.63) is 22.4 Å². The molecule has 0 saturated carbocycles. The minimum absolute atomic E-state index is 0.0713. The topological polar surface area (TPSA) is 52.7 Å². The van der Waals surface area contributed by atoms with Crippen molar-refractivity contribution in [1.29, 1.82) is 0 Å². The molecule has 116 valence electrons. The molecule has 1 N–H and O–H groups in total. The summed E-state index contributed by atoms with van der Waals surface area (Å²) in [4.78, 5) is 28.0. The molecule has 1 aromatic rings. The molecule has 1 atom stereocenters. The van der Waals surface area contributed by atoms with E-state index in [4.69, 9.17) is 0 Å². The number of hydrogen-bond donors (Lipinski definition) is 1.